The number of aromatic nitrogens is 5. The fourth-order valence-electron chi connectivity index (χ4n) is 2.64. The lowest BCUT2D eigenvalue weighted by molar-refractivity contribution is 0.641. The van der Waals surface area contributed by atoms with Crippen molar-refractivity contribution in [3.8, 4) is 0 Å². The molecule has 1 fully saturated rings. The summed E-state index contributed by atoms with van der Waals surface area (Å²) in [6.45, 7) is 0.877. The molecule has 6 heteroatoms. The van der Waals surface area contributed by atoms with E-state index in [0.717, 1.165) is 24.7 Å². The summed E-state index contributed by atoms with van der Waals surface area (Å²) < 4.78 is 4.12. The van der Waals surface area contributed by atoms with E-state index in [1.807, 2.05) is 24.0 Å². The van der Waals surface area contributed by atoms with E-state index in [1.165, 1.54) is 25.7 Å². The molecule has 6 nitrogen and oxygen atoms in total. The second-order valence-electron chi connectivity index (χ2n) is 5.18. The third-order valence-corrected chi connectivity index (χ3v) is 3.79. The molecule has 3 rings (SSSR count). The second-order valence-corrected chi connectivity index (χ2v) is 5.18. The molecule has 0 bridgehead atoms. The summed E-state index contributed by atoms with van der Waals surface area (Å²) in [7, 11) is 1.97. The third kappa shape index (κ3) is 2.77. The molecule has 1 aliphatic rings. The SMILES string of the molecule is Cn1cnnc1CCn1ccnc1NC1CCCC1. The van der Waals surface area contributed by atoms with Crippen LogP contribution in [0.25, 0.3) is 0 Å². The molecule has 1 N–H and O–H groups in total. The van der Waals surface area contributed by atoms with Crippen molar-refractivity contribution >= 4 is 5.95 Å². The first-order valence-corrected chi connectivity index (χ1v) is 6.93. The van der Waals surface area contributed by atoms with Crippen LogP contribution >= 0.6 is 0 Å². The summed E-state index contributed by atoms with van der Waals surface area (Å²) >= 11 is 0. The number of anilines is 1. The van der Waals surface area contributed by atoms with Crippen molar-refractivity contribution in [2.75, 3.05) is 5.32 Å². The van der Waals surface area contributed by atoms with E-state index in [4.69, 9.17) is 0 Å². The summed E-state index contributed by atoms with van der Waals surface area (Å²) in [5.41, 5.74) is 0. The fraction of sp³-hybridized carbons (Fsp3) is 0.615. The van der Waals surface area contributed by atoms with E-state index in [2.05, 4.69) is 25.1 Å². The number of hydrogen-bond donors (Lipinski definition) is 1. The number of rotatable bonds is 5. The smallest absolute Gasteiger partial charge is 0.202 e. The highest BCUT2D eigenvalue weighted by atomic mass is 15.3. The van der Waals surface area contributed by atoms with Crippen LogP contribution in [0.15, 0.2) is 18.7 Å². The Hall–Kier alpha value is -1.85. The van der Waals surface area contributed by atoms with E-state index in [1.54, 1.807) is 6.33 Å². The van der Waals surface area contributed by atoms with Gasteiger partial charge in [-0.15, -0.1) is 10.2 Å². The molecular weight excluding hydrogens is 240 g/mol. The zero-order valence-corrected chi connectivity index (χ0v) is 11.3. The van der Waals surface area contributed by atoms with Crippen molar-refractivity contribution < 1.29 is 0 Å². The van der Waals surface area contributed by atoms with Crippen LogP contribution in [-0.4, -0.2) is 30.4 Å². The maximum absolute atomic E-state index is 4.41. The zero-order valence-electron chi connectivity index (χ0n) is 11.3. The van der Waals surface area contributed by atoms with E-state index in [0.29, 0.717) is 6.04 Å². The summed E-state index contributed by atoms with van der Waals surface area (Å²) in [6.07, 6.45) is 11.7. The Balaban J connectivity index is 1.61. The quantitative estimate of drug-likeness (QED) is 0.887. The van der Waals surface area contributed by atoms with Crippen LogP contribution in [-0.2, 0) is 20.0 Å². The standard InChI is InChI=1S/C13H20N6/c1-18-10-15-17-12(18)6-8-19-9-7-14-13(19)16-11-4-2-3-5-11/h7,9-11H,2-6,8H2,1H3,(H,14,16). The second kappa shape index (κ2) is 5.42. The largest absolute Gasteiger partial charge is 0.353 e. The molecule has 19 heavy (non-hydrogen) atoms. The third-order valence-electron chi connectivity index (χ3n) is 3.79. The van der Waals surface area contributed by atoms with Gasteiger partial charge in [0.2, 0.25) is 5.95 Å². The molecule has 2 aromatic rings. The Morgan fingerprint density at radius 2 is 2.21 bits per heavy atom. The van der Waals surface area contributed by atoms with Gasteiger partial charge in [-0.05, 0) is 12.8 Å². The first-order chi connectivity index (χ1) is 9.33. The highest BCUT2D eigenvalue weighted by Gasteiger charge is 2.16. The molecule has 1 aliphatic carbocycles. The molecule has 2 heterocycles. The van der Waals surface area contributed by atoms with Gasteiger partial charge in [-0.25, -0.2) is 4.98 Å². The van der Waals surface area contributed by atoms with Gasteiger partial charge >= 0.3 is 0 Å². The first-order valence-electron chi connectivity index (χ1n) is 6.93. The van der Waals surface area contributed by atoms with Gasteiger partial charge in [-0.3, -0.25) is 0 Å². The molecule has 0 spiro atoms. The molecular formula is C13H20N6. The monoisotopic (exact) mass is 260 g/mol. The molecule has 0 atom stereocenters. The number of nitrogens with one attached hydrogen (secondary N) is 1. The maximum Gasteiger partial charge on any atom is 0.202 e. The minimum atomic E-state index is 0.593. The molecule has 0 radical (unpaired) electrons. The van der Waals surface area contributed by atoms with Gasteiger partial charge in [0.1, 0.15) is 12.2 Å². The normalized spacial score (nSPS) is 16.1. The van der Waals surface area contributed by atoms with E-state index in [9.17, 15) is 0 Å². The van der Waals surface area contributed by atoms with Crippen molar-refractivity contribution in [3.63, 3.8) is 0 Å². The van der Waals surface area contributed by atoms with Crippen LogP contribution in [0.4, 0.5) is 5.95 Å². The van der Waals surface area contributed by atoms with E-state index < -0.39 is 0 Å². The highest BCUT2D eigenvalue weighted by molar-refractivity contribution is 5.28. The minimum absolute atomic E-state index is 0.593. The average Bonchev–Trinajstić information content (AvgIpc) is 3.11. The first kappa shape index (κ1) is 12.2. The summed E-state index contributed by atoms with van der Waals surface area (Å²) in [5, 5.41) is 11.5. The fourth-order valence-corrected chi connectivity index (χ4v) is 2.64. The Labute approximate surface area is 112 Å². The van der Waals surface area contributed by atoms with Crippen molar-refractivity contribution in [1.82, 2.24) is 24.3 Å². The Morgan fingerprint density at radius 1 is 1.37 bits per heavy atom. The van der Waals surface area contributed by atoms with Gasteiger partial charge < -0.3 is 14.5 Å². The van der Waals surface area contributed by atoms with Crippen LogP contribution in [0.1, 0.15) is 31.5 Å². The Morgan fingerprint density at radius 3 is 2.95 bits per heavy atom. The Bertz CT molecular complexity index is 523. The highest BCUT2D eigenvalue weighted by Crippen LogP contribution is 2.21. The van der Waals surface area contributed by atoms with Crippen molar-refractivity contribution in [3.05, 3.63) is 24.5 Å². The molecule has 0 unspecified atom stereocenters. The Kier molecular flexibility index (Phi) is 3.48. The molecule has 0 aliphatic heterocycles. The summed E-state index contributed by atoms with van der Waals surface area (Å²) in [5.74, 6) is 1.98. The van der Waals surface area contributed by atoms with Gasteiger partial charge in [-0.2, -0.15) is 0 Å². The molecule has 2 aromatic heterocycles. The minimum Gasteiger partial charge on any atom is -0.353 e. The van der Waals surface area contributed by atoms with Crippen LogP contribution in [0.3, 0.4) is 0 Å². The summed E-state index contributed by atoms with van der Waals surface area (Å²) in [4.78, 5) is 4.41. The van der Waals surface area contributed by atoms with Crippen molar-refractivity contribution in [2.24, 2.45) is 7.05 Å². The number of nitrogens with zero attached hydrogens (tertiary/aromatic N) is 5. The van der Waals surface area contributed by atoms with E-state index >= 15 is 0 Å². The lowest BCUT2D eigenvalue weighted by Crippen LogP contribution is -2.18. The average molecular weight is 260 g/mol. The van der Waals surface area contributed by atoms with Crippen LogP contribution in [0.5, 0.6) is 0 Å². The molecule has 1 saturated carbocycles. The molecule has 0 aromatic carbocycles. The predicted octanol–water partition coefficient (Wildman–Crippen LogP) is 1.61. The number of aryl methyl sites for hydroxylation is 3. The lowest BCUT2D eigenvalue weighted by atomic mass is 10.2. The van der Waals surface area contributed by atoms with Gasteiger partial charge in [0.25, 0.3) is 0 Å². The van der Waals surface area contributed by atoms with Gasteiger partial charge in [0, 0.05) is 38.4 Å². The van der Waals surface area contributed by atoms with Crippen molar-refractivity contribution in [1.29, 1.82) is 0 Å². The molecule has 102 valence electrons. The van der Waals surface area contributed by atoms with Crippen LogP contribution < -0.4 is 5.32 Å². The van der Waals surface area contributed by atoms with Crippen molar-refractivity contribution in [2.45, 2.75) is 44.7 Å². The van der Waals surface area contributed by atoms with Gasteiger partial charge in [0.05, 0.1) is 0 Å². The van der Waals surface area contributed by atoms with Crippen LogP contribution in [0, 0.1) is 0 Å². The lowest BCUT2D eigenvalue weighted by Gasteiger charge is -2.14. The number of imidazole rings is 1. The molecule has 0 amide bonds. The van der Waals surface area contributed by atoms with E-state index in [-0.39, 0.29) is 0 Å². The maximum atomic E-state index is 4.41. The molecule has 0 saturated heterocycles. The number of hydrogen-bond acceptors (Lipinski definition) is 4. The zero-order chi connectivity index (χ0) is 13.1. The topological polar surface area (TPSA) is 60.6 Å². The van der Waals surface area contributed by atoms with Crippen LogP contribution in [0.2, 0.25) is 0 Å². The predicted molar refractivity (Wildman–Crippen MR) is 72.8 cm³/mol. The van der Waals surface area contributed by atoms with Gasteiger partial charge in [0.15, 0.2) is 0 Å². The summed E-state index contributed by atoms with van der Waals surface area (Å²) in [6, 6.07) is 0.593. The van der Waals surface area contributed by atoms with Gasteiger partial charge in [-0.1, -0.05) is 12.8 Å².